The largest absolute Gasteiger partial charge is 0.368 e. The smallest absolute Gasteiger partial charge is 0.155 e. The Morgan fingerprint density at radius 2 is 2.18 bits per heavy atom. The maximum atomic E-state index is 9.13. The fraction of sp³-hybridized carbons (Fsp3) is 0.467. The van der Waals surface area contributed by atoms with Gasteiger partial charge in [0.1, 0.15) is 0 Å². The van der Waals surface area contributed by atoms with Crippen LogP contribution >= 0.6 is 0 Å². The molecule has 2 heteroatoms. The lowest BCUT2D eigenvalue weighted by Gasteiger charge is -2.02. The lowest BCUT2D eigenvalue weighted by Crippen LogP contribution is -2.06. The van der Waals surface area contributed by atoms with Gasteiger partial charge in [0.05, 0.1) is 6.10 Å². The summed E-state index contributed by atoms with van der Waals surface area (Å²) in [6.45, 7) is 2.09. The summed E-state index contributed by atoms with van der Waals surface area (Å²) in [7, 11) is 0. The molecule has 17 heavy (non-hydrogen) atoms. The molecule has 1 N–H and O–H groups in total. The van der Waals surface area contributed by atoms with Crippen molar-refractivity contribution >= 4 is 0 Å². The van der Waals surface area contributed by atoms with E-state index in [4.69, 9.17) is 9.84 Å². The predicted octanol–water partition coefficient (Wildman–Crippen LogP) is 2.40. The van der Waals surface area contributed by atoms with Gasteiger partial charge in [0, 0.05) is 12.8 Å². The van der Waals surface area contributed by atoms with Crippen molar-refractivity contribution in [1.82, 2.24) is 0 Å². The van der Waals surface area contributed by atoms with E-state index in [1.807, 2.05) is 18.2 Å². The number of ether oxygens (including phenoxy) is 1. The zero-order valence-electron chi connectivity index (χ0n) is 10.1. The number of aliphatic hydroxyl groups is 1. The summed E-state index contributed by atoms with van der Waals surface area (Å²) in [6.07, 6.45) is 10.4. The number of aliphatic hydroxyl groups excluding tert-OH is 1. The third kappa shape index (κ3) is 6.64. The minimum atomic E-state index is -0.595. The third-order valence-corrected chi connectivity index (χ3v) is 2.24. The normalized spacial score (nSPS) is 23.4. The first-order valence-electron chi connectivity index (χ1n) is 5.98. The quantitative estimate of drug-likeness (QED) is 0.596. The van der Waals surface area contributed by atoms with Crippen LogP contribution in [0.4, 0.5) is 0 Å². The van der Waals surface area contributed by atoms with Crippen LogP contribution in [0.1, 0.15) is 32.6 Å². The summed E-state index contributed by atoms with van der Waals surface area (Å²) in [5.74, 6) is 11.3. The molecule has 1 heterocycles. The Kier molecular flexibility index (Phi) is 6.91. The van der Waals surface area contributed by atoms with E-state index >= 15 is 0 Å². The van der Waals surface area contributed by atoms with Gasteiger partial charge in [0.2, 0.25) is 0 Å². The predicted molar refractivity (Wildman–Crippen MR) is 68.9 cm³/mol. The van der Waals surface area contributed by atoms with Crippen molar-refractivity contribution in [2.24, 2.45) is 0 Å². The van der Waals surface area contributed by atoms with E-state index in [9.17, 15) is 0 Å². The summed E-state index contributed by atoms with van der Waals surface area (Å²) >= 11 is 0. The molecule has 2 atom stereocenters. The van der Waals surface area contributed by atoms with Crippen LogP contribution in [-0.2, 0) is 4.74 Å². The number of allylic oxidation sites excluding steroid dienone is 3. The second-order valence-electron chi connectivity index (χ2n) is 3.77. The van der Waals surface area contributed by atoms with Gasteiger partial charge in [0.15, 0.2) is 6.29 Å². The molecule has 0 saturated carbocycles. The van der Waals surface area contributed by atoms with Gasteiger partial charge in [-0.3, -0.25) is 0 Å². The zero-order chi connectivity index (χ0) is 12.3. The van der Waals surface area contributed by atoms with Gasteiger partial charge in [0.25, 0.3) is 0 Å². The molecule has 0 spiro atoms. The van der Waals surface area contributed by atoms with E-state index in [1.54, 1.807) is 6.08 Å². The second kappa shape index (κ2) is 8.65. The molecule has 0 aliphatic carbocycles. The van der Waals surface area contributed by atoms with Crippen LogP contribution in [0.3, 0.4) is 0 Å². The van der Waals surface area contributed by atoms with Crippen molar-refractivity contribution in [3.8, 4) is 23.7 Å². The fourth-order valence-corrected chi connectivity index (χ4v) is 1.39. The molecule has 0 radical (unpaired) electrons. The Bertz CT molecular complexity index is 385. The molecule has 90 valence electrons. The fourth-order valence-electron chi connectivity index (χ4n) is 1.39. The van der Waals surface area contributed by atoms with E-state index < -0.39 is 6.29 Å². The number of unbranched alkanes of at least 4 members (excludes halogenated alkanes) is 1. The average Bonchev–Trinajstić information content (AvgIpc) is 2.73. The summed E-state index contributed by atoms with van der Waals surface area (Å²) in [5, 5.41) is 9.13. The maximum Gasteiger partial charge on any atom is 0.155 e. The molecular formula is C15H18O2. The van der Waals surface area contributed by atoms with Crippen molar-refractivity contribution < 1.29 is 9.84 Å². The van der Waals surface area contributed by atoms with Crippen LogP contribution in [-0.4, -0.2) is 17.5 Å². The number of hydrogen-bond donors (Lipinski definition) is 1. The average molecular weight is 230 g/mol. The molecule has 1 aliphatic rings. The number of hydrogen-bond acceptors (Lipinski definition) is 2. The van der Waals surface area contributed by atoms with Gasteiger partial charge in [-0.05, 0) is 30.8 Å². The molecule has 0 amide bonds. The molecule has 1 aliphatic heterocycles. The molecule has 0 bridgehead atoms. The maximum absolute atomic E-state index is 9.13. The molecule has 2 nitrogen and oxygen atoms in total. The Balaban J connectivity index is 2.22. The molecule has 0 aromatic heterocycles. The molecule has 0 unspecified atom stereocenters. The third-order valence-electron chi connectivity index (χ3n) is 2.24. The summed E-state index contributed by atoms with van der Waals surface area (Å²) < 4.78 is 5.21. The lowest BCUT2D eigenvalue weighted by molar-refractivity contribution is -0.0777. The highest BCUT2D eigenvalue weighted by molar-refractivity contribution is 5.31. The molecule has 1 saturated heterocycles. The monoisotopic (exact) mass is 230 g/mol. The Morgan fingerprint density at radius 1 is 1.29 bits per heavy atom. The minimum absolute atomic E-state index is 0.0342. The second-order valence-corrected chi connectivity index (χ2v) is 3.77. The van der Waals surface area contributed by atoms with Crippen LogP contribution in [0.2, 0.25) is 0 Å². The lowest BCUT2D eigenvalue weighted by atomic mass is 10.2. The van der Waals surface area contributed by atoms with Gasteiger partial charge >= 0.3 is 0 Å². The topological polar surface area (TPSA) is 29.5 Å². The van der Waals surface area contributed by atoms with Gasteiger partial charge in [-0.1, -0.05) is 37.0 Å². The van der Waals surface area contributed by atoms with Crippen molar-refractivity contribution in [2.75, 3.05) is 0 Å². The minimum Gasteiger partial charge on any atom is -0.368 e. The highest BCUT2D eigenvalue weighted by Gasteiger charge is 2.19. The molecule has 0 aromatic carbocycles. The van der Waals surface area contributed by atoms with Crippen molar-refractivity contribution in [3.63, 3.8) is 0 Å². The summed E-state index contributed by atoms with van der Waals surface area (Å²) in [4.78, 5) is 0. The van der Waals surface area contributed by atoms with Crippen LogP contribution < -0.4 is 0 Å². The SMILES string of the molecule is CCCC#CC#C/C=C/C=C/[C@H]1CC[C@H](O)O1. The van der Waals surface area contributed by atoms with Crippen molar-refractivity contribution in [2.45, 2.75) is 45.0 Å². The van der Waals surface area contributed by atoms with Crippen LogP contribution in [0.25, 0.3) is 0 Å². The van der Waals surface area contributed by atoms with E-state index in [0.29, 0.717) is 6.42 Å². The van der Waals surface area contributed by atoms with Crippen LogP contribution in [0.5, 0.6) is 0 Å². The van der Waals surface area contributed by atoms with Gasteiger partial charge in [-0.2, -0.15) is 0 Å². The Labute approximate surface area is 103 Å². The van der Waals surface area contributed by atoms with Crippen molar-refractivity contribution in [3.05, 3.63) is 24.3 Å². The van der Waals surface area contributed by atoms with E-state index in [-0.39, 0.29) is 6.10 Å². The first kappa shape index (κ1) is 13.6. The molecule has 1 fully saturated rings. The number of rotatable bonds is 3. The highest BCUT2D eigenvalue weighted by atomic mass is 16.6. The first-order valence-corrected chi connectivity index (χ1v) is 5.98. The standard InChI is InChI=1S/C15H18O2/c1-2-3-4-5-6-7-8-9-10-11-14-12-13-15(16)17-14/h8-11,14-16H,2-3,12-13H2,1H3/b9-8+,11-10+/t14-,15+/m0/s1. The summed E-state index contributed by atoms with van der Waals surface area (Å²) in [5.41, 5.74) is 0. The molecule has 1 rings (SSSR count). The van der Waals surface area contributed by atoms with Gasteiger partial charge < -0.3 is 9.84 Å². The van der Waals surface area contributed by atoms with Gasteiger partial charge in [-0.25, -0.2) is 0 Å². The highest BCUT2D eigenvalue weighted by Crippen LogP contribution is 2.18. The molecule has 0 aromatic rings. The van der Waals surface area contributed by atoms with E-state index in [2.05, 4.69) is 30.6 Å². The Hall–Kier alpha value is -1.48. The van der Waals surface area contributed by atoms with Crippen LogP contribution in [0, 0.1) is 23.7 Å². The van der Waals surface area contributed by atoms with Crippen LogP contribution in [0.15, 0.2) is 24.3 Å². The Morgan fingerprint density at radius 3 is 2.88 bits per heavy atom. The van der Waals surface area contributed by atoms with Gasteiger partial charge in [-0.15, -0.1) is 0 Å². The first-order chi connectivity index (χ1) is 8.33. The summed E-state index contributed by atoms with van der Waals surface area (Å²) in [6, 6.07) is 0. The van der Waals surface area contributed by atoms with Crippen molar-refractivity contribution in [1.29, 1.82) is 0 Å². The van der Waals surface area contributed by atoms with E-state index in [1.165, 1.54) is 0 Å². The van der Waals surface area contributed by atoms with E-state index in [0.717, 1.165) is 19.3 Å². The molecular weight excluding hydrogens is 212 g/mol. The zero-order valence-corrected chi connectivity index (χ0v) is 10.1.